The fourth-order valence-electron chi connectivity index (χ4n) is 3.76. The zero-order valence-electron chi connectivity index (χ0n) is 14.4. The Morgan fingerprint density at radius 3 is 2.12 bits per heavy atom. The predicted molar refractivity (Wildman–Crippen MR) is 97.3 cm³/mol. The van der Waals surface area contributed by atoms with Crippen molar-refractivity contribution < 1.29 is 9.72 Å². The van der Waals surface area contributed by atoms with E-state index < -0.39 is 17.2 Å². The van der Waals surface area contributed by atoms with Crippen molar-refractivity contribution >= 4 is 5.78 Å². The maximum Gasteiger partial charge on any atom is 0.294 e. The van der Waals surface area contributed by atoms with Gasteiger partial charge in [-0.05, 0) is 25.8 Å². The van der Waals surface area contributed by atoms with Crippen molar-refractivity contribution in [2.45, 2.75) is 38.1 Å². The summed E-state index contributed by atoms with van der Waals surface area (Å²) in [6, 6.07) is 18.0. The SMILES string of the molecule is CC1=C(C)CC(C(=O)c2ccccc2)([N+](=O)[O-])C(c2ccccc2)C1. The van der Waals surface area contributed by atoms with Gasteiger partial charge in [0.15, 0.2) is 0 Å². The molecule has 0 aromatic heterocycles. The lowest BCUT2D eigenvalue weighted by Gasteiger charge is -2.37. The number of hydrogen-bond donors (Lipinski definition) is 0. The lowest BCUT2D eigenvalue weighted by atomic mass is 9.65. The molecule has 25 heavy (non-hydrogen) atoms. The number of rotatable bonds is 4. The summed E-state index contributed by atoms with van der Waals surface area (Å²) < 4.78 is 0. The number of hydrogen-bond acceptors (Lipinski definition) is 3. The molecular weight excluding hydrogens is 314 g/mol. The van der Waals surface area contributed by atoms with Crippen LogP contribution in [0.25, 0.3) is 0 Å². The Balaban J connectivity index is 2.20. The van der Waals surface area contributed by atoms with E-state index in [4.69, 9.17) is 0 Å². The largest absolute Gasteiger partial charge is 0.294 e. The fourth-order valence-corrected chi connectivity index (χ4v) is 3.76. The van der Waals surface area contributed by atoms with Crippen LogP contribution >= 0.6 is 0 Å². The minimum atomic E-state index is -1.66. The van der Waals surface area contributed by atoms with Crippen LogP contribution in [0.5, 0.6) is 0 Å². The van der Waals surface area contributed by atoms with Crippen molar-refractivity contribution in [2.24, 2.45) is 0 Å². The van der Waals surface area contributed by atoms with Gasteiger partial charge in [0, 0.05) is 16.9 Å². The normalized spacial score (nSPS) is 23.4. The van der Waals surface area contributed by atoms with Gasteiger partial charge >= 0.3 is 0 Å². The molecule has 1 aliphatic carbocycles. The number of Topliss-reactive ketones (excluding diaryl/α,β-unsaturated/α-hetero) is 1. The Kier molecular flexibility index (Phi) is 4.53. The smallest absolute Gasteiger partial charge is 0.286 e. The first-order valence-corrected chi connectivity index (χ1v) is 8.41. The molecule has 0 saturated heterocycles. The molecule has 4 heteroatoms. The van der Waals surface area contributed by atoms with E-state index in [0.29, 0.717) is 12.0 Å². The molecule has 2 atom stereocenters. The highest BCUT2D eigenvalue weighted by molar-refractivity contribution is 6.03. The monoisotopic (exact) mass is 335 g/mol. The summed E-state index contributed by atoms with van der Waals surface area (Å²) in [7, 11) is 0. The summed E-state index contributed by atoms with van der Waals surface area (Å²) in [6.45, 7) is 3.90. The first-order chi connectivity index (χ1) is 12.0. The van der Waals surface area contributed by atoms with Gasteiger partial charge in [-0.2, -0.15) is 0 Å². The van der Waals surface area contributed by atoms with Crippen LogP contribution in [0.4, 0.5) is 0 Å². The summed E-state index contributed by atoms with van der Waals surface area (Å²) in [6.07, 6.45) is 0.675. The van der Waals surface area contributed by atoms with Crippen LogP contribution < -0.4 is 0 Å². The molecule has 1 aliphatic rings. The Bertz CT molecular complexity index is 827. The molecule has 0 saturated carbocycles. The van der Waals surface area contributed by atoms with Gasteiger partial charge in [0.2, 0.25) is 5.78 Å². The van der Waals surface area contributed by atoms with E-state index >= 15 is 0 Å². The number of ketones is 1. The Morgan fingerprint density at radius 2 is 1.56 bits per heavy atom. The summed E-state index contributed by atoms with van der Waals surface area (Å²) in [5, 5.41) is 12.3. The molecule has 0 aliphatic heterocycles. The van der Waals surface area contributed by atoms with Gasteiger partial charge in [0.25, 0.3) is 5.54 Å². The van der Waals surface area contributed by atoms with Crippen molar-refractivity contribution in [2.75, 3.05) is 0 Å². The third-order valence-corrected chi connectivity index (χ3v) is 5.31. The minimum Gasteiger partial charge on any atom is -0.286 e. The van der Waals surface area contributed by atoms with Gasteiger partial charge in [-0.1, -0.05) is 71.8 Å². The van der Waals surface area contributed by atoms with Crippen molar-refractivity contribution in [1.82, 2.24) is 0 Å². The number of carbonyl (C=O) groups is 1. The molecule has 0 spiro atoms. The molecule has 0 bridgehead atoms. The first-order valence-electron chi connectivity index (χ1n) is 8.41. The summed E-state index contributed by atoms with van der Waals surface area (Å²) in [4.78, 5) is 25.3. The molecule has 3 rings (SSSR count). The average Bonchev–Trinajstić information content (AvgIpc) is 2.64. The van der Waals surface area contributed by atoms with Crippen molar-refractivity contribution in [3.8, 4) is 0 Å². The van der Waals surface area contributed by atoms with E-state index in [-0.39, 0.29) is 11.3 Å². The Morgan fingerprint density at radius 1 is 1.00 bits per heavy atom. The second-order valence-electron chi connectivity index (χ2n) is 6.78. The maximum atomic E-state index is 13.3. The zero-order valence-corrected chi connectivity index (χ0v) is 14.4. The van der Waals surface area contributed by atoms with Crippen LogP contribution in [0.1, 0.15) is 48.5 Å². The molecule has 0 heterocycles. The maximum absolute atomic E-state index is 13.3. The van der Waals surface area contributed by atoms with Gasteiger partial charge < -0.3 is 0 Å². The van der Waals surface area contributed by atoms with E-state index in [1.807, 2.05) is 44.2 Å². The molecule has 0 radical (unpaired) electrons. The van der Waals surface area contributed by atoms with Crippen LogP contribution in [0.2, 0.25) is 0 Å². The molecule has 0 N–H and O–H groups in total. The third-order valence-electron chi connectivity index (χ3n) is 5.31. The molecule has 4 nitrogen and oxygen atoms in total. The lowest BCUT2D eigenvalue weighted by Crippen LogP contribution is -2.53. The van der Waals surface area contributed by atoms with E-state index in [9.17, 15) is 14.9 Å². The third kappa shape index (κ3) is 2.88. The minimum absolute atomic E-state index is 0.152. The number of carbonyl (C=O) groups excluding carboxylic acids is 1. The number of allylic oxidation sites excluding steroid dienone is 1. The molecule has 2 aromatic rings. The number of nitro groups is 1. The number of benzene rings is 2. The van der Waals surface area contributed by atoms with E-state index in [1.54, 1.807) is 30.3 Å². The van der Waals surface area contributed by atoms with E-state index in [2.05, 4.69) is 0 Å². The van der Waals surface area contributed by atoms with Gasteiger partial charge in [-0.25, -0.2) is 0 Å². The highest BCUT2D eigenvalue weighted by Gasteiger charge is 2.59. The molecular formula is C21H21NO3. The Hall–Kier alpha value is -2.75. The fraction of sp³-hybridized carbons (Fsp3) is 0.286. The quantitative estimate of drug-likeness (QED) is 0.349. The first kappa shape index (κ1) is 17.1. The summed E-state index contributed by atoms with van der Waals surface area (Å²) >= 11 is 0. The van der Waals surface area contributed by atoms with Crippen molar-refractivity contribution in [1.29, 1.82) is 0 Å². The average molecular weight is 335 g/mol. The summed E-state index contributed by atoms with van der Waals surface area (Å²) in [5.74, 6) is -0.876. The molecule has 128 valence electrons. The molecule has 0 fully saturated rings. The zero-order chi connectivity index (χ0) is 18.0. The number of nitrogens with zero attached hydrogens (tertiary/aromatic N) is 1. The topological polar surface area (TPSA) is 60.2 Å². The summed E-state index contributed by atoms with van der Waals surface area (Å²) in [5.41, 5.74) is 1.65. The molecule has 2 unspecified atom stereocenters. The highest BCUT2D eigenvalue weighted by atomic mass is 16.6. The van der Waals surface area contributed by atoms with Gasteiger partial charge in [0.05, 0.1) is 5.92 Å². The van der Waals surface area contributed by atoms with Gasteiger partial charge in [-0.3, -0.25) is 14.9 Å². The molecule has 0 amide bonds. The molecule has 2 aromatic carbocycles. The van der Waals surface area contributed by atoms with Crippen LogP contribution in [0.15, 0.2) is 71.8 Å². The predicted octanol–water partition coefficient (Wildman–Crippen LogP) is 4.80. The van der Waals surface area contributed by atoms with Gasteiger partial charge in [-0.15, -0.1) is 0 Å². The second kappa shape index (κ2) is 6.63. The van der Waals surface area contributed by atoms with E-state index in [1.165, 1.54) is 0 Å². The van der Waals surface area contributed by atoms with Gasteiger partial charge in [0.1, 0.15) is 0 Å². The standard InChI is InChI=1S/C21H21NO3/c1-15-13-19(17-9-5-3-6-10-17)21(22(24)25,14-16(15)2)20(23)18-11-7-4-8-12-18/h3-12,19H,13-14H2,1-2H3. The van der Waals surface area contributed by atoms with Crippen LogP contribution in [0.3, 0.4) is 0 Å². The van der Waals surface area contributed by atoms with Crippen molar-refractivity contribution in [3.63, 3.8) is 0 Å². The highest BCUT2D eigenvalue weighted by Crippen LogP contribution is 2.46. The lowest BCUT2D eigenvalue weighted by molar-refractivity contribution is -0.555. The van der Waals surface area contributed by atoms with E-state index in [0.717, 1.165) is 16.7 Å². The second-order valence-corrected chi connectivity index (χ2v) is 6.78. The van der Waals surface area contributed by atoms with Crippen molar-refractivity contribution in [3.05, 3.63) is 93.1 Å². The Labute approximate surface area is 147 Å². The van der Waals surface area contributed by atoms with Crippen LogP contribution in [-0.4, -0.2) is 16.2 Å². The van der Waals surface area contributed by atoms with Crippen LogP contribution in [0, 0.1) is 10.1 Å². The van der Waals surface area contributed by atoms with Crippen LogP contribution in [-0.2, 0) is 0 Å².